The van der Waals surface area contributed by atoms with Gasteiger partial charge in [-0.3, -0.25) is 43.3 Å². The van der Waals surface area contributed by atoms with Crippen molar-refractivity contribution in [1.29, 1.82) is 0 Å². The Hall–Kier alpha value is -6.47. The highest BCUT2D eigenvalue weighted by Crippen LogP contribution is 2.29. The molecule has 67 heavy (non-hydrogen) atoms. The van der Waals surface area contributed by atoms with Crippen molar-refractivity contribution in [2.45, 2.75) is 122 Å². The van der Waals surface area contributed by atoms with Gasteiger partial charge in [0.25, 0.3) is 11.8 Å². The molecule has 9 amide bonds. The Balaban J connectivity index is 1.29. The van der Waals surface area contributed by atoms with Crippen LogP contribution in [-0.2, 0) is 33.6 Å². The molecule has 2 aliphatic carbocycles. The predicted octanol–water partition coefficient (Wildman–Crippen LogP) is 1.68. The summed E-state index contributed by atoms with van der Waals surface area (Å²) in [6.45, 7) is 4.36. The third kappa shape index (κ3) is 14.5. The lowest BCUT2D eigenvalue weighted by Crippen LogP contribution is -2.59. The van der Waals surface area contributed by atoms with Crippen molar-refractivity contribution in [2.75, 3.05) is 39.0 Å². The van der Waals surface area contributed by atoms with Gasteiger partial charge in [-0.2, -0.15) is 0 Å². The molecule has 20 nitrogen and oxygen atoms in total. The van der Waals surface area contributed by atoms with Crippen LogP contribution in [0.4, 0.5) is 10.5 Å². The van der Waals surface area contributed by atoms with Gasteiger partial charge in [0.15, 0.2) is 0 Å². The van der Waals surface area contributed by atoms with Crippen molar-refractivity contribution in [2.24, 2.45) is 23.7 Å². The van der Waals surface area contributed by atoms with Gasteiger partial charge >= 0.3 is 6.03 Å². The molecule has 0 bridgehead atoms. The normalized spacial score (nSPS) is 19.2. The summed E-state index contributed by atoms with van der Waals surface area (Å²) < 4.78 is 0. The van der Waals surface area contributed by atoms with Crippen LogP contribution in [-0.4, -0.2) is 137 Å². The van der Waals surface area contributed by atoms with Gasteiger partial charge in [-0.1, -0.05) is 77.5 Å². The second kappa shape index (κ2) is 24.9. The Kier molecular flexibility index (Phi) is 19.1. The zero-order chi connectivity index (χ0) is 48.6. The van der Waals surface area contributed by atoms with Gasteiger partial charge in [0.05, 0.1) is 30.7 Å². The summed E-state index contributed by atoms with van der Waals surface area (Å²) in [7, 11) is 3.20. The largest absolute Gasteiger partial charge is 0.349 e. The van der Waals surface area contributed by atoms with Crippen LogP contribution in [0.25, 0.3) is 0 Å². The van der Waals surface area contributed by atoms with E-state index in [0.29, 0.717) is 24.9 Å². The van der Waals surface area contributed by atoms with Crippen LogP contribution in [0.3, 0.4) is 0 Å². The molecule has 7 N–H and O–H groups in total. The number of benzene rings is 1. The smallest absolute Gasteiger partial charge is 0.321 e. The molecule has 2 aromatic rings. The van der Waals surface area contributed by atoms with E-state index in [1.165, 1.54) is 28.4 Å². The minimum absolute atomic E-state index is 0.0360. The maximum atomic E-state index is 14.3. The molecule has 1 aromatic heterocycles. The van der Waals surface area contributed by atoms with E-state index in [2.05, 4.69) is 47.2 Å². The van der Waals surface area contributed by atoms with E-state index in [4.69, 9.17) is 0 Å². The monoisotopic (exact) mass is 930 g/mol. The van der Waals surface area contributed by atoms with Gasteiger partial charge < -0.3 is 47.0 Å². The van der Waals surface area contributed by atoms with E-state index in [-0.39, 0.29) is 42.9 Å². The van der Waals surface area contributed by atoms with Crippen LogP contribution in [0.2, 0.25) is 0 Å². The molecule has 0 radical (unpaired) electrons. The maximum Gasteiger partial charge on any atom is 0.321 e. The lowest BCUT2D eigenvalue weighted by Gasteiger charge is -2.32. The Labute approximate surface area is 391 Å². The number of ketones is 1. The molecule has 1 aliphatic heterocycles. The lowest BCUT2D eigenvalue weighted by atomic mass is 9.83. The fourth-order valence-electron chi connectivity index (χ4n) is 9.07. The Morgan fingerprint density at radius 3 is 2.04 bits per heavy atom. The van der Waals surface area contributed by atoms with Crippen molar-refractivity contribution in [3.63, 3.8) is 0 Å². The van der Waals surface area contributed by atoms with Gasteiger partial charge in [0.1, 0.15) is 23.8 Å². The Morgan fingerprint density at radius 1 is 0.776 bits per heavy atom. The zero-order valence-corrected chi connectivity index (χ0v) is 39.2. The first-order valence-electron chi connectivity index (χ1n) is 23.5. The molecule has 2 heterocycles. The number of likely N-dealkylation sites (N-methyl/N-ethyl adjacent to an activating group) is 1. The topological polar surface area (TPSA) is 270 Å². The highest BCUT2D eigenvalue weighted by Gasteiger charge is 2.44. The first kappa shape index (κ1) is 51.5. The first-order valence-corrected chi connectivity index (χ1v) is 23.5. The number of nitrogens with zero attached hydrogens (tertiary/aromatic N) is 4. The third-order valence-corrected chi connectivity index (χ3v) is 12.8. The van der Waals surface area contributed by atoms with Crippen molar-refractivity contribution >= 4 is 58.9 Å². The van der Waals surface area contributed by atoms with Crippen LogP contribution in [0.15, 0.2) is 48.9 Å². The SMILES string of the molecule is CCC[C@H](NC(=O)[C@@H]1CN(C(=O)Nc2ccccc2)C[C@@H]1NC(=O)[C@@H](NC(=O)[C@@H](NC(=O)c1cnccn1)C1CCCCC1)C(C)C)C(=O)C(=O)NCC(=O)N[C@H](C(=O)N(C)C)C1CCCC1. The molecule has 364 valence electrons. The standard InChI is InChI=1S/C47H67N11O9/c1-6-15-33(40(60)45(65)50-25-36(59)54-39(46(66)57(4)5)30-18-13-14-19-30)52-41(61)32-26-58(47(67)51-31-20-11-8-12-21-31)27-35(32)53-43(63)37(28(2)3)55-44(64)38(29-16-9-7-10-17-29)56-42(62)34-24-48-22-23-49-34/h8,11-12,20-24,28-30,32-33,35,37-39H,6-7,9-10,13-19,25-27H2,1-5H3,(H,50,65)(H,51,67)(H,52,61)(H,53,63)(H,54,59)(H,55,64)(H,56,62)/t32-,33+,35+,37+,38+,39+/m1/s1. The Morgan fingerprint density at radius 2 is 1.43 bits per heavy atom. The average molecular weight is 930 g/mol. The number of likely N-dealkylation sites (tertiary alicyclic amines) is 1. The number of Topliss-reactive ketones (excluding diaryl/α,β-unsaturated/α-hetero) is 1. The van der Waals surface area contributed by atoms with Crippen LogP contribution in [0, 0.1) is 23.7 Å². The number of anilines is 1. The third-order valence-electron chi connectivity index (χ3n) is 12.8. The fraction of sp³-hybridized carbons (Fsp3) is 0.596. The molecule has 3 fully saturated rings. The van der Waals surface area contributed by atoms with Crippen molar-refractivity contribution in [3.8, 4) is 0 Å². The summed E-state index contributed by atoms with van der Waals surface area (Å²) in [5, 5.41) is 19.1. The second-order valence-electron chi connectivity index (χ2n) is 18.3. The Bertz CT molecular complexity index is 2060. The molecule has 3 aliphatic rings. The molecule has 0 spiro atoms. The highest BCUT2D eigenvalue weighted by atomic mass is 16.2. The van der Waals surface area contributed by atoms with E-state index >= 15 is 0 Å². The zero-order valence-electron chi connectivity index (χ0n) is 39.2. The fourth-order valence-corrected chi connectivity index (χ4v) is 9.07. The summed E-state index contributed by atoms with van der Waals surface area (Å²) in [5.74, 6) is -7.34. The molecule has 0 unspecified atom stereocenters. The number of nitrogens with one attached hydrogen (secondary N) is 7. The minimum atomic E-state index is -1.32. The number of aromatic nitrogens is 2. The summed E-state index contributed by atoms with van der Waals surface area (Å²) in [5.41, 5.74) is 0.531. The van der Waals surface area contributed by atoms with Gasteiger partial charge in [-0.25, -0.2) is 9.78 Å². The van der Waals surface area contributed by atoms with E-state index in [1.807, 2.05) is 0 Å². The molecule has 20 heteroatoms. The number of carbonyl (C=O) groups excluding carboxylic acids is 9. The average Bonchev–Trinajstić information content (AvgIpc) is 4.02. The van der Waals surface area contributed by atoms with Crippen molar-refractivity contribution in [3.05, 3.63) is 54.6 Å². The number of amides is 9. The van der Waals surface area contributed by atoms with Crippen LogP contribution in [0.1, 0.15) is 102 Å². The number of rotatable bonds is 20. The molecule has 6 atom stereocenters. The van der Waals surface area contributed by atoms with E-state index in [1.54, 1.807) is 65.2 Å². The van der Waals surface area contributed by atoms with Crippen LogP contribution >= 0.6 is 0 Å². The minimum Gasteiger partial charge on any atom is -0.349 e. The molecular weight excluding hydrogens is 863 g/mol. The molecule has 1 aromatic carbocycles. The lowest BCUT2D eigenvalue weighted by molar-refractivity contribution is -0.141. The molecular formula is C47H67N11O9. The van der Waals surface area contributed by atoms with E-state index in [0.717, 1.165) is 44.9 Å². The quantitative estimate of drug-likeness (QED) is 0.0940. The summed E-state index contributed by atoms with van der Waals surface area (Å²) in [4.78, 5) is 133. The van der Waals surface area contributed by atoms with Crippen LogP contribution in [0.5, 0.6) is 0 Å². The van der Waals surface area contributed by atoms with E-state index in [9.17, 15) is 43.2 Å². The van der Waals surface area contributed by atoms with E-state index < -0.39 is 95.8 Å². The molecule has 5 rings (SSSR count). The number of urea groups is 1. The molecule has 1 saturated heterocycles. The number of hydrogen-bond acceptors (Lipinski definition) is 11. The molecule has 2 saturated carbocycles. The van der Waals surface area contributed by atoms with Crippen molar-refractivity contribution in [1.82, 2.24) is 51.7 Å². The summed E-state index contributed by atoms with van der Waals surface area (Å²) in [6.07, 6.45) is 12.1. The van der Waals surface area contributed by atoms with Gasteiger partial charge in [-0.15, -0.1) is 0 Å². The predicted molar refractivity (Wildman–Crippen MR) is 247 cm³/mol. The van der Waals surface area contributed by atoms with Crippen LogP contribution < -0.4 is 37.2 Å². The number of hydrogen-bond donors (Lipinski definition) is 7. The number of para-hydroxylation sites is 1. The highest BCUT2D eigenvalue weighted by molar-refractivity contribution is 6.38. The first-order chi connectivity index (χ1) is 32.1. The number of carbonyl (C=O) groups is 9. The van der Waals surface area contributed by atoms with Gasteiger partial charge in [0, 0.05) is 45.3 Å². The van der Waals surface area contributed by atoms with Gasteiger partial charge in [0.2, 0.25) is 35.3 Å². The maximum absolute atomic E-state index is 14.3. The van der Waals surface area contributed by atoms with Gasteiger partial charge in [-0.05, 0) is 62.0 Å². The summed E-state index contributed by atoms with van der Waals surface area (Å²) >= 11 is 0. The summed E-state index contributed by atoms with van der Waals surface area (Å²) in [6, 6.07) is 2.89. The van der Waals surface area contributed by atoms with Crippen molar-refractivity contribution < 1.29 is 43.2 Å². The second-order valence-corrected chi connectivity index (χ2v) is 18.3.